The molecule has 0 fully saturated rings. The van der Waals surface area contributed by atoms with Crippen molar-refractivity contribution >= 4 is 21.6 Å². The van der Waals surface area contributed by atoms with E-state index in [1.165, 1.54) is 37.3 Å². The van der Waals surface area contributed by atoms with E-state index in [9.17, 15) is 17.6 Å². The van der Waals surface area contributed by atoms with Gasteiger partial charge in [0.2, 0.25) is 0 Å². The average Bonchev–Trinajstić information content (AvgIpc) is 2.79. The number of anilines is 1. The largest absolute Gasteiger partial charge is 0.497 e. The predicted octanol–water partition coefficient (Wildman–Crippen LogP) is 3.93. The number of rotatable bonds is 7. The number of amides is 1. The van der Waals surface area contributed by atoms with Crippen LogP contribution < -0.4 is 9.04 Å². The lowest BCUT2D eigenvalue weighted by molar-refractivity contribution is 0.0784. The number of nitrogens with zero attached hydrogens (tertiary/aromatic N) is 2. The third kappa shape index (κ3) is 4.86. The second-order valence-electron chi connectivity index (χ2n) is 6.95. The second-order valence-corrected chi connectivity index (χ2v) is 8.92. The second kappa shape index (κ2) is 9.18. The zero-order chi connectivity index (χ0) is 22.6. The van der Waals surface area contributed by atoms with Crippen LogP contribution in [0.2, 0.25) is 0 Å². The standard InChI is InChI=1S/C23H23FN2O4S/c1-25(16-18-6-4-5-7-22(18)24)23(27)17-8-10-19(11-9-17)26(2)31(28,29)21-14-12-20(30-3)13-15-21/h4-15H,16H2,1-3H3. The highest BCUT2D eigenvalue weighted by Crippen LogP contribution is 2.24. The molecule has 31 heavy (non-hydrogen) atoms. The maximum atomic E-state index is 13.8. The van der Waals surface area contributed by atoms with Crippen molar-refractivity contribution in [3.05, 3.63) is 89.7 Å². The third-order valence-corrected chi connectivity index (χ3v) is 6.71. The molecular weight excluding hydrogens is 419 g/mol. The molecule has 0 aromatic heterocycles. The van der Waals surface area contributed by atoms with Gasteiger partial charge < -0.3 is 9.64 Å². The molecule has 3 aromatic carbocycles. The summed E-state index contributed by atoms with van der Waals surface area (Å²) in [5.74, 6) is -0.109. The van der Waals surface area contributed by atoms with Crippen LogP contribution in [0.15, 0.2) is 77.7 Å². The number of benzene rings is 3. The lowest BCUT2D eigenvalue weighted by Gasteiger charge is -2.21. The molecule has 0 saturated carbocycles. The highest BCUT2D eigenvalue weighted by atomic mass is 32.2. The first kappa shape index (κ1) is 22.3. The van der Waals surface area contributed by atoms with Gasteiger partial charge in [-0.15, -0.1) is 0 Å². The fourth-order valence-electron chi connectivity index (χ4n) is 3.03. The van der Waals surface area contributed by atoms with Gasteiger partial charge in [0.15, 0.2) is 0 Å². The van der Waals surface area contributed by atoms with Crippen molar-refractivity contribution in [2.24, 2.45) is 0 Å². The monoisotopic (exact) mass is 442 g/mol. The molecule has 6 nitrogen and oxygen atoms in total. The molecule has 0 aliphatic heterocycles. The molecule has 3 rings (SSSR count). The van der Waals surface area contributed by atoms with Gasteiger partial charge >= 0.3 is 0 Å². The quantitative estimate of drug-likeness (QED) is 0.556. The molecule has 0 spiro atoms. The van der Waals surface area contributed by atoms with Crippen molar-refractivity contribution in [2.45, 2.75) is 11.4 Å². The molecular formula is C23H23FN2O4S. The summed E-state index contributed by atoms with van der Waals surface area (Å²) in [4.78, 5) is 14.2. The first-order valence-corrected chi connectivity index (χ1v) is 10.9. The Hall–Kier alpha value is -3.39. The zero-order valence-corrected chi connectivity index (χ0v) is 18.3. The maximum Gasteiger partial charge on any atom is 0.264 e. The summed E-state index contributed by atoms with van der Waals surface area (Å²) in [7, 11) is 0.766. The van der Waals surface area contributed by atoms with Crippen molar-refractivity contribution in [3.63, 3.8) is 0 Å². The van der Waals surface area contributed by atoms with Gasteiger partial charge in [-0.25, -0.2) is 12.8 Å². The van der Waals surface area contributed by atoms with Crippen molar-refractivity contribution in [1.29, 1.82) is 0 Å². The van der Waals surface area contributed by atoms with Crippen LogP contribution in [-0.2, 0) is 16.6 Å². The molecule has 3 aromatic rings. The van der Waals surface area contributed by atoms with Gasteiger partial charge in [-0.1, -0.05) is 18.2 Å². The van der Waals surface area contributed by atoms with Gasteiger partial charge in [0.05, 0.1) is 17.7 Å². The van der Waals surface area contributed by atoms with Crippen molar-refractivity contribution in [3.8, 4) is 5.75 Å². The van der Waals surface area contributed by atoms with E-state index >= 15 is 0 Å². The summed E-state index contributed by atoms with van der Waals surface area (Å²) < 4.78 is 45.8. The normalized spacial score (nSPS) is 11.1. The molecule has 0 aliphatic carbocycles. The molecule has 0 aliphatic rings. The summed E-state index contributed by atoms with van der Waals surface area (Å²) in [5, 5.41) is 0. The minimum absolute atomic E-state index is 0.124. The van der Waals surface area contributed by atoms with E-state index in [4.69, 9.17) is 4.74 Å². The van der Waals surface area contributed by atoms with Crippen LogP contribution in [0.25, 0.3) is 0 Å². The molecule has 0 saturated heterocycles. The van der Waals surface area contributed by atoms with Gasteiger partial charge in [0, 0.05) is 31.8 Å². The Morgan fingerprint density at radius 2 is 1.55 bits per heavy atom. The number of methoxy groups -OCH3 is 1. The topological polar surface area (TPSA) is 66.9 Å². The molecule has 162 valence electrons. The smallest absolute Gasteiger partial charge is 0.264 e. The first-order chi connectivity index (χ1) is 14.7. The van der Waals surface area contributed by atoms with Crippen LogP contribution in [0.4, 0.5) is 10.1 Å². The SMILES string of the molecule is COc1ccc(S(=O)(=O)N(C)c2ccc(C(=O)N(C)Cc3ccccc3F)cc2)cc1. The van der Waals surface area contributed by atoms with Gasteiger partial charge in [-0.05, 0) is 54.6 Å². The van der Waals surface area contributed by atoms with E-state index in [1.54, 1.807) is 61.6 Å². The maximum absolute atomic E-state index is 13.8. The summed E-state index contributed by atoms with van der Waals surface area (Å²) >= 11 is 0. The Balaban J connectivity index is 1.75. The van der Waals surface area contributed by atoms with Crippen LogP contribution in [0.3, 0.4) is 0 Å². The number of carbonyl (C=O) groups excluding carboxylic acids is 1. The number of ether oxygens (including phenoxy) is 1. The summed E-state index contributed by atoms with van der Waals surface area (Å²) in [6.07, 6.45) is 0. The fraction of sp³-hybridized carbons (Fsp3) is 0.174. The van der Waals surface area contributed by atoms with Crippen LogP contribution in [0.1, 0.15) is 15.9 Å². The number of hydrogen-bond donors (Lipinski definition) is 0. The Labute approximate surface area is 181 Å². The van der Waals surface area contributed by atoms with Gasteiger partial charge in [-0.3, -0.25) is 9.10 Å². The fourth-order valence-corrected chi connectivity index (χ4v) is 4.23. The molecule has 0 N–H and O–H groups in total. The Bertz CT molecular complexity index is 1160. The van der Waals surface area contributed by atoms with Crippen molar-refractivity contribution < 1.29 is 22.3 Å². The van der Waals surface area contributed by atoms with E-state index in [-0.39, 0.29) is 23.2 Å². The Kier molecular flexibility index (Phi) is 6.60. The van der Waals surface area contributed by atoms with E-state index in [2.05, 4.69) is 0 Å². The predicted molar refractivity (Wildman–Crippen MR) is 117 cm³/mol. The molecule has 0 radical (unpaired) electrons. The zero-order valence-electron chi connectivity index (χ0n) is 17.4. The van der Waals surface area contributed by atoms with Crippen LogP contribution in [0.5, 0.6) is 5.75 Å². The van der Waals surface area contributed by atoms with Gasteiger partial charge in [0.1, 0.15) is 11.6 Å². The van der Waals surface area contributed by atoms with Gasteiger partial charge in [-0.2, -0.15) is 0 Å². The lowest BCUT2D eigenvalue weighted by atomic mass is 10.1. The number of sulfonamides is 1. The van der Waals surface area contributed by atoms with Crippen molar-refractivity contribution in [2.75, 3.05) is 25.5 Å². The third-order valence-electron chi connectivity index (χ3n) is 4.91. The number of halogens is 1. The van der Waals surface area contributed by atoms with E-state index in [1.807, 2.05) is 0 Å². The van der Waals surface area contributed by atoms with Crippen LogP contribution >= 0.6 is 0 Å². The average molecular weight is 443 g/mol. The molecule has 0 bridgehead atoms. The number of carbonyl (C=O) groups is 1. The van der Waals surface area contributed by atoms with E-state index < -0.39 is 10.0 Å². The van der Waals surface area contributed by atoms with E-state index in [0.29, 0.717) is 22.6 Å². The summed E-state index contributed by atoms with van der Waals surface area (Å²) in [6, 6.07) is 18.6. The minimum atomic E-state index is -3.77. The van der Waals surface area contributed by atoms with Gasteiger partial charge in [0.25, 0.3) is 15.9 Å². The highest BCUT2D eigenvalue weighted by molar-refractivity contribution is 7.92. The van der Waals surface area contributed by atoms with Crippen molar-refractivity contribution in [1.82, 2.24) is 4.90 Å². The van der Waals surface area contributed by atoms with Crippen LogP contribution in [-0.4, -0.2) is 40.4 Å². The Morgan fingerprint density at radius 3 is 2.13 bits per heavy atom. The highest BCUT2D eigenvalue weighted by Gasteiger charge is 2.22. The Morgan fingerprint density at radius 1 is 0.935 bits per heavy atom. The summed E-state index contributed by atoms with van der Waals surface area (Å²) in [6.45, 7) is 0.124. The molecule has 8 heteroatoms. The lowest BCUT2D eigenvalue weighted by Crippen LogP contribution is -2.28. The first-order valence-electron chi connectivity index (χ1n) is 9.46. The van der Waals surface area contributed by atoms with Crippen LogP contribution in [0, 0.1) is 5.82 Å². The summed E-state index contributed by atoms with van der Waals surface area (Å²) in [5.41, 5.74) is 1.20. The minimum Gasteiger partial charge on any atom is -0.497 e. The van der Waals surface area contributed by atoms with E-state index in [0.717, 1.165) is 4.31 Å². The molecule has 0 unspecified atom stereocenters. The number of hydrogen-bond acceptors (Lipinski definition) is 4. The molecule has 0 heterocycles. The molecule has 0 atom stereocenters. The molecule has 1 amide bonds.